The zero-order valence-electron chi connectivity index (χ0n) is 12.7. The topological polar surface area (TPSA) is 12.0 Å². The van der Waals surface area contributed by atoms with E-state index in [0.717, 1.165) is 6.54 Å². The van der Waals surface area contributed by atoms with E-state index in [0.29, 0.717) is 6.04 Å². The summed E-state index contributed by atoms with van der Waals surface area (Å²) < 4.78 is 0. The molecule has 0 radical (unpaired) electrons. The third-order valence-corrected chi connectivity index (χ3v) is 4.55. The SMILES string of the molecule is CCCCCCC(CSc1ccc(C)cc1)NCC. The molecule has 1 aromatic rings. The van der Waals surface area contributed by atoms with Crippen molar-refractivity contribution in [3.05, 3.63) is 29.8 Å². The predicted molar refractivity (Wildman–Crippen MR) is 88.1 cm³/mol. The van der Waals surface area contributed by atoms with Gasteiger partial charge in [-0.3, -0.25) is 0 Å². The molecule has 0 spiro atoms. The van der Waals surface area contributed by atoms with E-state index in [1.54, 1.807) is 0 Å². The summed E-state index contributed by atoms with van der Waals surface area (Å²) in [7, 11) is 0. The molecule has 1 rings (SSSR count). The van der Waals surface area contributed by atoms with E-state index in [2.05, 4.69) is 50.4 Å². The van der Waals surface area contributed by atoms with Gasteiger partial charge in [0.25, 0.3) is 0 Å². The van der Waals surface area contributed by atoms with Gasteiger partial charge in [-0.25, -0.2) is 0 Å². The molecule has 19 heavy (non-hydrogen) atoms. The monoisotopic (exact) mass is 279 g/mol. The number of aryl methyl sites for hydroxylation is 1. The van der Waals surface area contributed by atoms with Gasteiger partial charge in [-0.15, -0.1) is 11.8 Å². The summed E-state index contributed by atoms with van der Waals surface area (Å²) in [4.78, 5) is 1.39. The minimum Gasteiger partial charge on any atom is -0.313 e. The van der Waals surface area contributed by atoms with Crippen LogP contribution in [0.25, 0.3) is 0 Å². The fourth-order valence-corrected chi connectivity index (χ4v) is 3.19. The van der Waals surface area contributed by atoms with Gasteiger partial charge in [0, 0.05) is 16.7 Å². The van der Waals surface area contributed by atoms with Crippen molar-refractivity contribution >= 4 is 11.8 Å². The highest BCUT2D eigenvalue weighted by Gasteiger charge is 2.07. The van der Waals surface area contributed by atoms with Crippen molar-refractivity contribution in [2.45, 2.75) is 63.8 Å². The molecule has 1 unspecified atom stereocenters. The molecule has 0 heterocycles. The van der Waals surface area contributed by atoms with Crippen molar-refractivity contribution in [1.29, 1.82) is 0 Å². The highest BCUT2D eigenvalue weighted by molar-refractivity contribution is 7.99. The number of rotatable bonds is 10. The lowest BCUT2D eigenvalue weighted by Gasteiger charge is -2.17. The fraction of sp³-hybridized carbons (Fsp3) is 0.647. The first-order valence-corrected chi connectivity index (χ1v) is 8.67. The first-order valence-electron chi connectivity index (χ1n) is 7.69. The van der Waals surface area contributed by atoms with Crippen molar-refractivity contribution in [2.24, 2.45) is 0 Å². The average molecular weight is 279 g/mol. The Labute approximate surface area is 123 Å². The quantitative estimate of drug-likeness (QED) is 0.476. The number of thioether (sulfide) groups is 1. The first-order chi connectivity index (χ1) is 9.26. The standard InChI is InChI=1S/C17H29NS/c1-4-6-7-8-9-16(18-5-2)14-19-17-12-10-15(3)11-13-17/h10-13,16,18H,4-9,14H2,1-3H3. The van der Waals surface area contributed by atoms with Gasteiger partial charge in [0.15, 0.2) is 0 Å². The molecule has 0 saturated heterocycles. The lowest BCUT2D eigenvalue weighted by molar-refractivity contribution is 0.500. The third kappa shape index (κ3) is 7.64. The Kier molecular flexibility index (Phi) is 9.02. The summed E-state index contributed by atoms with van der Waals surface area (Å²) >= 11 is 1.98. The molecule has 0 fully saturated rings. The van der Waals surface area contributed by atoms with Gasteiger partial charge in [0.05, 0.1) is 0 Å². The number of hydrogen-bond acceptors (Lipinski definition) is 2. The van der Waals surface area contributed by atoms with Gasteiger partial charge >= 0.3 is 0 Å². The molecular weight excluding hydrogens is 250 g/mol. The number of benzene rings is 1. The van der Waals surface area contributed by atoms with Crippen molar-refractivity contribution in [1.82, 2.24) is 5.32 Å². The number of nitrogens with one attached hydrogen (secondary N) is 1. The van der Waals surface area contributed by atoms with E-state index in [-0.39, 0.29) is 0 Å². The highest BCUT2D eigenvalue weighted by atomic mass is 32.2. The summed E-state index contributed by atoms with van der Waals surface area (Å²) in [6, 6.07) is 9.53. The van der Waals surface area contributed by atoms with Crippen LogP contribution in [0.15, 0.2) is 29.2 Å². The summed E-state index contributed by atoms with van der Waals surface area (Å²) in [6.45, 7) is 7.70. The highest BCUT2D eigenvalue weighted by Crippen LogP contribution is 2.20. The zero-order chi connectivity index (χ0) is 13.9. The molecule has 2 heteroatoms. The maximum Gasteiger partial charge on any atom is 0.0161 e. The molecule has 0 saturated carbocycles. The van der Waals surface area contributed by atoms with Crippen LogP contribution in [0.3, 0.4) is 0 Å². The van der Waals surface area contributed by atoms with E-state index in [1.807, 2.05) is 11.8 Å². The lowest BCUT2D eigenvalue weighted by Crippen LogP contribution is -2.31. The molecule has 1 aromatic carbocycles. The molecule has 0 aliphatic heterocycles. The van der Waals surface area contributed by atoms with Crippen molar-refractivity contribution < 1.29 is 0 Å². The van der Waals surface area contributed by atoms with Crippen LogP contribution in [-0.4, -0.2) is 18.3 Å². The zero-order valence-corrected chi connectivity index (χ0v) is 13.6. The van der Waals surface area contributed by atoms with E-state index >= 15 is 0 Å². The Hall–Kier alpha value is -0.470. The Morgan fingerprint density at radius 2 is 1.79 bits per heavy atom. The minimum atomic E-state index is 0.660. The largest absolute Gasteiger partial charge is 0.313 e. The van der Waals surface area contributed by atoms with Crippen LogP contribution in [0.5, 0.6) is 0 Å². The second kappa shape index (κ2) is 10.3. The predicted octanol–water partition coefficient (Wildman–Crippen LogP) is 5.04. The van der Waals surface area contributed by atoms with Crippen LogP contribution < -0.4 is 5.32 Å². The molecule has 0 aromatic heterocycles. The molecule has 1 N–H and O–H groups in total. The van der Waals surface area contributed by atoms with E-state index in [1.165, 1.54) is 48.3 Å². The second-order valence-electron chi connectivity index (χ2n) is 5.23. The fourth-order valence-electron chi connectivity index (χ4n) is 2.18. The molecule has 0 aliphatic carbocycles. The first kappa shape index (κ1) is 16.6. The molecule has 1 atom stereocenters. The molecule has 0 bridgehead atoms. The van der Waals surface area contributed by atoms with E-state index in [4.69, 9.17) is 0 Å². The molecule has 1 nitrogen and oxygen atoms in total. The molecule has 108 valence electrons. The van der Waals surface area contributed by atoms with Crippen molar-refractivity contribution in [3.8, 4) is 0 Å². The van der Waals surface area contributed by atoms with E-state index < -0.39 is 0 Å². The van der Waals surface area contributed by atoms with Gasteiger partial charge in [-0.05, 0) is 32.0 Å². The van der Waals surface area contributed by atoms with Gasteiger partial charge in [-0.2, -0.15) is 0 Å². The minimum absolute atomic E-state index is 0.660. The smallest absolute Gasteiger partial charge is 0.0161 e. The average Bonchev–Trinajstić information content (AvgIpc) is 2.42. The Bertz CT molecular complexity index is 321. The normalized spacial score (nSPS) is 12.6. The maximum absolute atomic E-state index is 3.62. The van der Waals surface area contributed by atoms with E-state index in [9.17, 15) is 0 Å². The van der Waals surface area contributed by atoms with Crippen LogP contribution in [0.2, 0.25) is 0 Å². The lowest BCUT2D eigenvalue weighted by atomic mass is 10.1. The van der Waals surface area contributed by atoms with Crippen LogP contribution in [0.4, 0.5) is 0 Å². The number of hydrogen-bond donors (Lipinski definition) is 1. The van der Waals surface area contributed by atoms with Crippen LogP contribution in [0, 0.1) is 6.92 Å². The van der Waals surface area contributed by atoms with Crippen molar-refractivity contribution in [2.75, 3.05) is 12.3 Å². The number of unbranched alkanes of at least 4 members (excludes halogenated alkanes) is 3. The van der Waals surface area contributed by atoms with Crippen LogP contribution >= 0.6 is 11.8 Å². The summed E-state index contributed by atoms with van der Waals surface area (Å²) in [6.07, 6.45) is 6.76. The third-order valence-electron chi connectivity index (χ3n) is 3.37. The molecular formula is C17H29NS. The summed E-state index contributed by atoms with van der Waals surface area (Å²) in [5.41, 5.74) is 1.34. The summed E-state index contributed by atoms with van der Waals surface area (Å²) in [5.74, 6) is 1.18. The second-order valence-corrected chi connectivity index (χ2v) is 6.32. The molecule has 0 aliphatic rings. The Morgan fingerprint density at radius 3 is 2.42 bits per heavy atom. The van der Waals surface area contributed by atoms with Gasteiger partial charge < -0.3 is 5.32 Å². The Balaban J connectivity index is 2.29. The van der Waals surface area contributed by atoms with Crippen LogP contribution in [-0.2, 0) is 0 Å². The summed E-state index contributed by atoms with van der Waals surface area (Å²) in [5, 5.41) is 3.62. The Morgan fingerprint density at radius 1 is 1.05 bits per heavy atom. The molecule has 0 amide bonds. The van der Waals surface area contributed by atoms with Gasteiger partial charge in [0.1, 0.15) is 0 Å². The van der Waals surface area contributed by atoms with Gasteiger partial charge in [0.2, 0.25) is 0 Å². The maximum atomic E-state index is 3.62. The van der Waals surface area contributed by atoms with Crippen molar-refractivity contribution in [3.63, 3.8) is 0 Å². The van der Waals surface area contributed by atoms with Crippen LogP contribution in [0.1, 0.15) is 51.5 Å². The van der Waals surface area contributed by atoms with Gasteiger partial charge in [-0.1, -0.05) is 57.2 Å².